The molecule has 4 heterocycles. The third-order valence-electron chi connectivity index (χ3n) is 4.23. The van der Waals surface area contributed by atoms with E-state index in [0.29, 0.717) is 12.0 Å². The van der Waals surface area contributed by atoms with Crippen LogP contribution in [0.2, 0.25) is 0 Å². The number of H-pyrrole nitrogens is 1. The first-order valence-corrected chi connectivity index (χ1v) is 7.96. The lowest BCUT2D eigenvalue weighted by molar-refractivity contribution is 0.568. The molecular weight excluding hydrogens is 302 g/mol. The third kappa shape index (κ3) is 2.32. The third-order valence-corrected chi connectivity index (χ3v) is 4.23. The van der Waals surface area contributed by atoms with E-state index in [2.05, 4.69) is 31.3 Å². The minimum Gasteiger partial charge on any atom is -0.472 e. The number of anilines is 1. The Morgan fingerprint density at radius 3 is 2.96 bits per heavy atom. The Morgan fingerprint density at radius 2 is 2.12 bits per heavy atom. The highest BCUT2D eigenvalue weighted by Crippen LogP contribution is 2.31. The molecule has 0 bridgehead atoms. The van der Waals surface area contributed by atoms with E-state index in [1.54, 1.807) is 18.7 Å². The Hall–Kier alpha value is -3.15. The van der Waals surface area contributed by atoms with Crippen LogP contribution >= 0.6 is 0 Å². The lowest BCUT2D eigenvalue weighted by Crippen LogP contribution is -2.05. The van der Waals surface area contributed by atoms with E-state index in [-0.39, 0.29) is 0 Å². The van der Waals surface area contributed by atoms with Crippen LogP contribution in [-0.4, -0.2) is 26.0 Å². The molecule has 5 rings (SSSR count). The lowest BCUT2D eigenvalue weighted by atomic mass is 10.1. The maximum atomic E-state index is 5.17. The first-order chi connectivity index (χ1) is 11.9. The molecule has 0 saturated heterocycles. The van der Waals surface area contributed by atoms with E-state index in [1.807, 2.05) is 24.5 Å². The van der Waals surface area contributed by atoms with Gasteiger partial charge in [0.05, 0.1) is 18.2 Å². The number of furan rings is 1. The van der Waals surface area contributed by atoms with Gasteiger partial charge >= 0.3 is 0 Å². The summed E-state index contributed by atoms with van der Waals surface area (Å²) in [6.45, 7) is 0. The van der Waals surface area contributed by atoms with Crippen LogP contribution in [0.5, 0.6) is 0 Å². The molecule has 2 N–H and O–H groups in total. The van der Waals surface area contributed by atoms with Crippen molar-refractivity contribution in [3.8, 4) is 22.4 Å². The molecule has 6 heteroatoms. The SMILES string of the molecule is c1cc(-c2c[nH]c3ncc(-c4ccoc4)cc23)nc(NC2CC2)n1. The van der Waals surface area contributed by atoms with Gasteiger partial charge in [0.15, 0.2) is 0 Å². The second-order valence-corrected chi connectivity index (χ2v) is 6.02. The van der Waals surface area contributed by atoms with Crippen LogP contribution in [-0.2, 0) is 0 Å². The molecule has 4 aromatic rings. The quantitative estimate of drug-likeness (QED) is 0.597. The van der Waals surface area contributed by atoms with Gasteiger partial charge in [0.25, 0.3) is 0 Å². The zero-order valence-corrected chi connectivity index (χ0v) is 12.9. The predicted molar refractivity (Wildman–Crippen MR) is 91.5 cm³/mol. The van der Waals surface area contributed by atoms with Crippen LogP contribution < -0.4 is 5.32 Å². The number of rotatable bonds is 4. The van der Waals surface area contributed by atoms with E-state index >= 15 is 0 Å². The molecule has 24 heavy (non-hydrogen) atoms. The van der Waals surface area contributed by atoms with Crippen LogP contribution in [0.4, 0.5) is 5.95 Å². The number of aromatic nitrogens is 4. The van der Waals surface area contributed by atoms with E-state index < -0.39 is 0 Å². The Balaban J connectivity index is 1.60. The summed E-state index contributed by atoms with van der Waals surface area (Å²) in [6, 6.07) is 6.48. The minimum absolute atomic E-state index is 0.526. The van der Waals surface area contributed by atoms with Crippen LogP contribution in [0.15, 0.2) is 53.7 Å². The summed E-state index contributed by atoms with van der Waals surface area (Å²) in [5.41, 5.74) is 4.76. The Morgan fingerprint density at radius 1 is 1.17 bits per heavy atom. The van der Waals surface area contributed by atoms with Gasteiger partial charge in [-0.1, -0.05) is 0 Å². The number of aromatic amines is 1. The smallest absolute Gasteiger partial charge is 0.223 e. The normalized spacial score (nSPS) is 14.2. The summed E-state index contributed by atoms with van der Waals surface area (Å²) in [4.78, 5) is 16.7. The van der Waals surface area contributed by atoms with E-state index in [1.165, 1.54) is 12.8 Å². The van der Waals surface area contributed by atoms with Gasteiger partial charge in [0.2, 0.25) is 5.95 Å². The van der Waals surface area contributed by atoms with Gasteiger partial charge in [-0.15, -0.1) is 0 Å². The molecule has 0 spiro atoms. The monoisotopic (exact) mass is 317 g/mol. The summed E-state index contributed by atoms with van der Waals surface area (Å²) >= 11 is 0. The van der Waals surface area contributed by atoms with E-state index in [0.717, 1.165) is 33.4 Å². The van der Waals surface area contributed by atoms with E-state index in [9.17, 15) is 0 Å². The Labute approximate surface area is 138 Å². The number of hydrogen-bond donors (Lipinski definition) is 2. The fraction of sp³-hybridized carbons (Fsp3) is 0.167. The molecule has 1 aliphatic carbocycles. The van der Waals surface area contributed by atoms with Gasteiger partial charge in [-0.05, 0) is 31.0 Å². The van der Waals surface area contributed by atoms with Crippen molar-refractivity contribution in [2.24, 2.45) is 0 Å². The second kappa shape index (κ2) is 5.19. The van der Waals surface area contributed by atoms with Crippen molar-refractivity contribution in [2.75, 3.05) is 5.32 Å². The molecule has 1 fully saturated rings. The molecule has 0 aliphatic heterocycles. The summed E-state index contributed by atoms with van der Waals surface area (Å²) < 4.78 is 5.17. The van der Waals surface area contributed by atoms with Crippen molar-refractivity contribution < 1.29 is 4.42 Å². The number of hydrogen-bond acceptors (Lipinski definition) is 5. The molecule has 6 nitrogen and oxygen atoms in total. The molecular formula is C18H15N5O. The Kier molecular flexibility index (Phi) is 2.88. The van der Waals surface area contributed by atoms with Crippen molar-refractivity contribution >= 4 is 17.0 Å². The highest BCUT2D eigenvalue weighted by molar-refractivity contribution is 5.94. The highest BCUT2D eigenvalue weighted by Gasteiger charge is 2.22. The van der Waals surface area contributed by atoms with Crippen molar-refractivity contribution in [1.29, 1.82) is 0 Å². The number of pyridine rings is 1. The molecule has 4 aromatic heterocycles. The Bertz CT molecular complexity index is 1000. The van der Waals surface area contributed by atoms with Crippen LogP contribution in [0.25, 0.3) is 33.4 Å². The zero-order chi connectivity index (χ0) is 15.9. The molecule has 1 saturated carbocycles. The van der Waals surface area contributed by atoms with Gasteiger partial charge in [-0.3, -0.25) is 0 Å². The molecule has 118 valence electrons. The lowest BCUT2D eigenvalue weighted by Gasteiger charge is -2.05. The average Bonchev–Trinajstić information content (AvgIpc) is 3.12. The van der Waals surface area contributed by atoms with Crippen molar-refractivity contribution in [2.45, 2.75) is 18.9 Å². The topological polar surface area (TPSA) is 79.6 Å². The first-order valence-electron chi connectivity index (χ1n) is 7.96. The predicted octanol–water partition coefficient (Wildman–Crippen LogP) is 3.85. The summed E-state index contributed by atoms with van der Waals surface area (Å²) in [6.07, 6.45) is 11.3. The fourth-order valence-electron chi connectivity index (χ4n) is 2.79. The van der Waals surface area contributed by atoms with Crippen molar-refractivity contribution in [3.05, 3.63) is 49.3 Å². The standard InChI is InChI=1S/C18H15N5O/c1-2-13(1)22-18-19-5-3-16(23-18)15-9-21-17-14(15)7-12(8-20-17)11-4-6-24-10-11/h3-10,13H,1-2H2,(H,20,21)(H,19,22,23). The molecule has 1 aliphatic rings. The zero-order valence-electron chi connectivity index (χ0n) is 12.9. The number of nitrogens with zero attached hydrogens (tertiary/aromatic N) is 3. The molecule has 0 unspecified atom stereocenters. The molecule has 0 atom stereocenters. The number of fused-ring (bicyclic) bond motifs is 1. The maximum absolute atomic E-state index is 5.17. The van der Waals surface area contributed by atoms with Gasteiger partial charge in [-0.25, -0.2) is 15.0 Å². The van der Waals surface area contributed by atoms with Gasteiger partial charge in [0.1, 0.15) is 5.65 Å². The second-order valence-electron chi connectivity index (χ2n) is 6.02. The first kappa shape index (κ1) is 13.3. The van der Waals surface area contributed by atoms with Gasteiger partial charge < -0.3 is 14.7 Å². The van der Waals surface area contributed by atoms with E-state index in [4.69, 9.17) is 4.42 Å². The van der Waals surface area contributed by atoms with Crippen LogP contribution in [0, 0.1) is 0 Å². The van der Waals surface area contributed by atoms with Crippen molar-refractivity contribution in [3.63, 3.8) is 0 Å². The summed E-state index contributed by atoms with van der Waals surface area (Å²) in [5.74, 6) is 0.684. The fourth-order valence-corrected chi connectivity index (χ4v) is 2.79. The largest absolute Gasteiger partial charge is 0.472 e. The maximum Gasteiger partial charge on any atom is 0.223 e. The number of nitrogens with one attached hydrogen (secondary N) is 2. The van der Waals surface area contributed by atoms with Crippen molar-refractivity contribution in [1.82, 2.24) is 19.9 Å². The van der Waals surface area contributed by atoms with Gasteiger partial charge in [0, 0.05) is 46.7 Å². The summed E-state index contributed by atoms with van der Waals surface area (Å²) in [5, 5.41) is 4.37. The molecule has 0 radical (unpaired) electrons. The molecule has 0 aromatic carbocycles. The molecule has 0 amide bonds. The van der Waals surface area contributed by atoms with Crippen LogP contribution in [0.1, 0.15) is 12.8 Å². The minimum atomic E-state index is 0.526. The average molecular weight is 317 g/mol. The van der Waals surface area contributed by atoms with Crippen LogP contribution in [0.3, 0.4) is 0 Å². The van der Waals surface area contributed by atoms with Gasteiger partial charge in [-0.2, -0.15) is 0 Å². The highest BCUT2D eigenvalue weighted by atomic mass is 16.3. The summed E-state index contributed by atoms with van der Waals surface area (Å²) in [7, 11) is 0.